The van der Waals surface area contributed by atoms with Crippen molar-refractivity contribution in [2.45, 2.75) is 44.5 Å². The normalized spacial score (nSPS) is 23.6. The second-order valence-electron chi connectivity index (χ2n) is 16.9. The molecule has 4 nitrogen and oxygen atoms in total. The Balaban J connectivity index is 0.000000143. The van der Waals surface area contributed by atoms with Crippen molar-refractivity contribution in [1.29, 1.82) is 0 Å². The van der Waals surface area contributed by atoms with Gasteiger partial charge in [-0.15, -0.1) is 0 Å². The van der Waals surface area contributed by atoms with Crippen LogP contribution in [-0.4, -0.2) is 11.6 Å². The zero-order valence-corrected chi connectivity index (χ0v) is 36.8. The third-order valence-corrected chi connectivity index (χ3v) is 16.7. The minimum Gasteiger partial charge on any atom is -0.344 e. The van der Waals surface area contributed by atoms with Crippen molar-refractivity contribution >= 4 is 46.5 Å². The highest BCUT2D eigenvalue weighted by Crippen LogP contribution is 2.69. The highest BCUT2D eigenvalue weighted by molar-refractivity contribution is 8.01. The lowest BCUT2D eigenvalue weighted by Crippen LogP contribution is -2.42. The first-order valence-electron chi connectivity index (χ1n) is 22.1. The number of carbonyl (C=O) groups is 2. The van der Waals surface area contributed by atoms with E-state index in [9.17, 15) is 9.59 Å². The Bertz CT molecular complexity index is 2720. The summed E-state index contributed by atoms with van der Waals surface area (Å²) in [5.41, 5.74) is 8.91. The number of hydrogen-bond acceptors (Lipinski definition) is 6. The van der Waals surface area contributed by atoms with Crippen molar-refractivity contribution in [2.24, 2.45) is 11.8 Å². The smallest absolute Gasteiger partial charge is 0.169 e. The molecule has 0 saturated carbocycles. The van der Waals surface area contributed by atoms with E-state index in [1.807, 2.05) is 84.2 Å². The third-order valence-electron chi connectivity index (χ3n) is 13.5. The summed E-state index contributed by atoms with van der Waals surface area (Å²) in [4.78, 5) is 34.7. The van der Waals surface area contributed by atoms with Gasteiger partial charge in [-0.05, 0) is 59.4 Å². The van der Waals surface area contributed by atoms with Gasteiger partial charge in [-0.25, -0.2) is 0 Å². The number of anilines is 2. The predicted molar refractivity (Wildman–Crippen MR) is 262 cm³/mol. The van der Waals surface area contributed by atoms with Gasteiger partial charge in [0.2, 0.25) is 0 Å². The van der Waals surface area contributed by atoms with Gasteiger partial charge in [0.25, 0.3) is 0 Å². The van der Waals surface area contributed by atoms with Gasteiger partial charge in [0.1, 0.15) is 9.74 Å². The molecule has 0 radical (unpaired) electrons. The lowest BCUT2D eigenvalue weighted by Gasteiger charge is -2.39. The van der Waals surface area contributed by atoms with Crippen LogP contribution in [0.5, 0.6) is 0 Å². The number of carbonyl (C=O) groups excluding carboxylic acids is 2. The third kappa shape index (κ3) is 6.62. The Morgan fingerprint density at radius 3 is 1.03 bits per heavy atom. The molecule has 0 N–H and O–H groups in total. The van der Waals surface area contributed by atoms with Crippen molar-refractivity contribution in [1.82, 2.24) is 0 Å². The number of nitrogens with zero attached hydrogens (tertiary/aromatic N) is 2. The molecule has 6 heteroatoms. The predicted octanol–water partition coefficient (Wildman–Crippen LogP) is 14.2. The van der Waals surface area contributed by atoms with Crippen molar-refractivity contribution in [2.75, 3.05) is 9.80 Å². The van der Waals surface area contributed by atoms with Crippen LogP contribution in [0, 0.1) is 11.8 Å². The van der Waals surface area contributed by atoms with E-state index >= 15 is 0 Å². The summed E-state index contributed by atoms with van der Waals surface area (Å²) in [7, 11) is 0. The first-order chi connectivity index (χ1) is 31.6. The molecule has 2 fully saturated rings. The summed E-state index contributed by atoms with van der Waals surface area (Å²) in [6.45, 7) is 0. The monoisotopic (exact) mass is 866 g/mol. The molecular formula is C58H46N2O2S2. The first-order valence-corrected chi connectivity index (χ1v) is 23.8. The lowest BCUT2D eigenvalue weighted by atomic mass is 9.85. The van der Waals surface area contributed by atoms with Crippen molar-refractivity contribution < 1.29 is 9.59 Å². The molecule has 0 bridgehead atoms. The van der Waals surface area contributed by atoms with Gasteiger partial charge in [-0.2, -0.15) is 0 Å². The molecule has 12 rings (SSSR count). The zero-order chi connectivity index (χ0) is 43.1. The first kappa shape index (κ1) is 40.2. The van der Waals surface area contributed by atoms with E-state index in [1.165, 1.54) is 43.4 Å². The van der Waals surface area contributed by atoms with Gasteiger partial charge in [0.05, 0.1) is 35.3 Å². The Labute approximate surface area is 384 Å². The number of benzene rings is 8. The highest BCUT2D eigenvalue weighted by atomic mass is 32.2. The van der Waals surface area contributed by atoms with E-state index in [4.69, 9.17) is 0 Å². The second-order valence-corrected chi connectivity index (χ2v) is 19.4. The van der Waals surface area contributed by atoms with Crippen LogP contribution in [-0.2, 0) is 9.74 Å². The summed E-state index contributed by atoms with van der Waals surface area (Å²) in [5, 5.41) is 0. The molecule has 0 amide bonds. The van der Waals surface area contributed by atoms with Gasteiger partial charge in [0, 0.05) is 20.9 Å². The maximum absolute atomic E-state index is 14.1. The van der Waals surface area contributed by atoms with Crippen LogP contribution in [0.3, 0.4) is 0 Å². The van der Waals surface area contributed by atoms with Crippen LogP contribution in [0.1, 0.15) is 67.9 Å². The summed E-state index contributed by atoms with van der Waals surface area (Å²) < 4.78 is 0. The molecule has 8 aromatic rings. The SMILES string of the molecule is O=C(c1ccccc1)[C@H]1C[C@H](c2ccccc2)N2c3ccccc3S[C@@]12c1ccccc1.O=C(c1ccccc1)[C@H]1C[C@H](c2ccccc2)N2c3ccccc3S[C@@]12c1ccccc1. The summed E-state index contributed by atoms with van der Waals surface area (Å²) in [6, 6.07) is 79.5. The van der Waals surface area contributed by atoms with E-state index in [0.717, 1.165) is 24.0 Å². The number of thioether (sulfide) groups is 2. The standard InChI is InChI=1S/2C29H23NOS/c2*31-28(22-14-6-2-7-15-22)24-20-26(21-12-4-1-5-13-21)30-25-18-10-11-19-27(25)32-29(24,30)23-16-8-3-9-17-23/h2*1-19,24,26H,20H2/t2*24-,26-,29+/m11/s1. The van der Waals surface area contributed by atoms with Crippen LogP contribution in [0.15, 0.2) is 240 Å². The van der Waals surface area contributed by atoms with Gasteiger partial charge >= 0.3 is 0 Å². The van der Waals surface area contributed by atoms with Gasteiger partial charge in [-0.3, -0.25) is 9.59 Å². The molecule has 6 atom stereocenters. The fourth-order valence-corrected chi connectivity index (χ4v) is 14.1. The lowest BCUT2D eigenvalue weighted by molar-refractivity contribution is 0.0895. The van der Waals surface area contributed by atoms with E-state index < -0.39 is 9.74 Å². The van der Waals surface area contributed by atoms with Gasteiger partial charge in [-0.1, -0.05) is 230 Å². The summed E-state index contributed by atoms with van der Waals surface area (Å²) in [6.07, 6.45) is 1.57. The van der Waals surface area contributed by atoms with Crippen LogP contribution in [0.2, 0.25) is 0 Å². The Morgan fingerprint density at radius 2 is 0.672 bits per heavy atom. The van der Waals surface area contributed by atoms with Crippen LogP contribution < -0.4 is 9.80 Å². The molecule has 0 unspecified atom stereocenters. The van der Waals surface area contributed by atoms with Crippen LogP contribution >= 0.6 is 23.5 Å². The number of rotatable bonds is 8. The molecule has 312 valence electrons. The van der Waals surface area contributed by atoms with Crippen LogP contribution in [0.4, 0.5) is 11.4 Å². The number of fused-ring (bicyclic) bond motifs is 6. The molecular weight excluding hydrogens is 821 g/mol. The number of ketones is 2. The topological polar surface area (TPSA) is 40.6 Å². The van der Waals surface area contributed by atoms with E-state index in [-0.39, 0.29) is 35.5 Å². The largest absolute Gasteiger partial charge is 0.344 e. The molecule has 0 aromatic heterocycles. The Hall–Kier alpha value is -6.60. The Morgan fingerprint density at radius 1 is 0.375 bits per heavy atom. The number of para-hydroxylation sites is 2. The summed E-state index contributed by atoms with van der Waals surface area (Å²) in [5.74, 6) is 0.0983. The minimum atomic E-state index is -0.474. The Kier molecular flexibility index (Phi) is 10.6. The van der Waals surface area contributed by atoms with Crippen molar-refractivity contribution in [3.05, 3.63) is 264 Å². The fourth-order valence-electron chi connectivity index (χ4n) is 10.8. The minimum absolute atomic E-state index is 0.130. The van der Waals surface area contributed by atoms with E-state index in [0.29, 0.717) is 0 Å². The highest BCUT2D eigenvalue weighted by Gasteiger charge is 2.63. The molecule has 0 aliphatic carbocycles. The molecule has 0 spiro atoms. The fraction of sp³-hybridized carbons (Fsp3) is 0.138. The second kappa shape index (κ2) is 16.8. The van der Waals surface area contributed by atoms with Crippen LogP contribution in [0.25, 0.3) is 0 Å². The van der Waals surface area contributed by atoms with Gasteiger partial charge in [0.15, 0.2) is 11.6 Å². The van der Waals surface area contributed by atoms with E-state index in [2.05, 4.69) is 180 Å². The van der Waals surface area contributed by atoms with Crippen molar-refractivity contribution in [3.63, 3.8) is 0 Å². The molecule has 8 aromatic carbocycles. The number of hydrogen-bond donors (Lipinski definition) is 0. The molecule has 4 aliphatic rings. The number of Topliss-reactive ketones (excluding diaryl/α,β-unsaturated/α-hetero) is 2. The zero-order valence-electron chi connectivity index (χ0n) is 35.2. The quantitative estimate of drug-likeness (QED) is 0.142. The van der Waals surface area contributed by atoms with E-state index in [1.54, 1.807) is 0 Å². The average molecular weight is 867 g/mol. The molecule has 2 saturated heterocycles. The molecule has 4 heterocycles. The average Bonchev–Trinajstić information content (AvgIpc) is 4.11. The molecule has 4 aliphatic heterocycles. The van der Waals surface area contributed by atoms with Gasteiger partial charge < -0.3 is 9.80 Å². The maximum Gasteiger partial charge on any atom is 0.169 e. The maximum atomic E-state index is 14.1. The van der Waals surface area contributed by atoms with Crippen molar-refractivity contribution in [3.8, 4) is 0 Å². The molecule has 64 heavy (non-hydrogen) atoms. The summed E-state index contributed by atoms with van der Waals surface area (Å²) >= 11 is 3.68.